The van der Waals surface area contributed by atoms with Gasteiger partial charge in [-0.05, 0) is 83.1 Å². The van der Waals surface area contributed by atoms with Gasteiger partial charge in [-0.1, -0.05) is 30.3 Å². The van der Waals surface area contributed by atoms with Crippen LogP contribution in [-0.2, 0) is 39.1 Å². The number of benzene rings is 4. The van der Waals surface area contributed by atoms with E-state index in [1.54, 1.807) is 30.3 Å². The highest BCUT2D eigenvalue weighted by atomic mass is 19.1. The maximum Gasteiger partial charge on any atom is 0.272 e. The van der Waals surface area contributed by atoms with Crippen LogP contribution in [-0.4, -0.2) is 55.0 Å². The molecule has 47 heavy (non-hydrogen) atoms. The van der Waals surface area contributed by atoms with Crippen LogP contribution in [0, 0.1) is 5.82 Å². The van der Waals surface area contributed by atoms with Crippen molar-refractivity contribution in [3.63, 3.8) is 0 Å². The Morgan fingerprint density at radius 1 is 1.02 bits per heavy atom. The summed E-state index contributed by atoms with van der Waals surface area (Å²) in [5, 5.41) is 53.1. The second kappa shape index (κ2) is 12.0. The number of phenols is 1. The highest BCUT2D eigenvalue weighted by Crippen LogP contribution is 2.53. The van der Waals surface area contributed by atoms with Crippen molar-refractivity contribution >= 4 is 22.4 Å². The van der Waals surface area contributed by atoms with E-state index in [9.17, 15) is 30.0 Å². The molecule has 5 aromatic rings. The van der Waals surface area contributed by atoms with Gasteiger partial charge in [-0.15, -0.1) is 0 Å². The van der Waals surface area contributed by atoms with Gasteiger partial charge >= 0.3 is 0 Å². The van der Waals surface area contributed by atoms with Gasteiger partial charge in [0, 0.05) is 41.2 Å². The lowest BCUT2D eigenvalue weighted by atomic mass is 9.73. The zero-order chi connectivity index (χ0) is 33.0. The lowest BCUT2D eigenvalue weighted by Crippen LogP contribution is -2.36. The monoisotopic (exact) mass is 636 g/mol. The standard InChI is InChI=1S/C36H33FN4O6/c1-41-9-8-19-12-20(15-42)26(17-44)32-31(19)30(41)14-25-28(13-21(16-43)34(45)33(25)32)38-35(46)24-10-18(6-7-27(24)37)11-29-22-4-2-3-5-23(22)36(47)40-39-29/h2-7,10,12-13,30,42-45H,8-9,11,14-17H2,1H3,(H,38,46)(H,40,47). The number of anilines is 1. The van der Waals surface area contributed by atoms with E-state index >= 15 is 4.39 Å². The van der Waals surface area contributed by atoms with Crippen molar-refractivity contribution in [1.82, 2.24) is 15.1 Å². The number of aromatic amines is 1. The molecule has 0 saturated carbocycles. The van der Waals surface area contributed by atoms with E-state index < -0.39 is 24.9 Å². The third-order valence-corrected chi connectivity index (χ3v) is 9.56. The second-order valence-electron chi connectivity index (χ2n) is 12.2. The Morgan fingerprint density at radius 2 is 1.79 bits per heavy atom. The summed E-state index contributed by atoms with van der Waals surface area (Å²) in [4.78, 5) is 28.2. The van der Waals surface area contributed by atoms with Crippen molar-refractivity contribution in [2.24, 2.45) is 0 Å². The number of nitrogens with zero attached hydrogens (tertiary/aromatic N) is 2. The Balaban J connectivity index is 1.32. The maximum atomic E-state index is 15.3. The Morgan fingerprint density at radius 3 is 2.53 bits per heavy atom. The van der Waals surface area contributed by atoms with Crippen LogP contribution in [0.15, 0.2) is 59.4 Å². The smallest absolute Gasteiger partial charge is 0.272 e. The normalized spacial score (nSPS) is 15.4. The molecule has 7 rings (SSSR count). The minimum Gasteiger partial charge on any atom is -0.507 e. The molecule has 0 bridgehead atoms. The number of aromatic nitrogens is 2. The molecule has 240 valence electrons. The maximum absolute atomic E-state index is 15.3. The third-order valence-electron chi connectivity index (χ3n) is 9.56. The number of hydrogen-bond acceptors (Lipinski definition) is 8. The van der Waals surface area contributed by atoms with Crippen LogP contribution >= 0.6 is 0 Å². The van der Waals surface area contributed by atoms with Crippen LogP contribution in [0.1, 0.15) is 61.0 Å². The number of hydrogen-bond donors (Lipinski definition) is 6. The number of amides is 1. The lowest BCUT2D eigenvalue weighted by Gasteiger charge is -2.42. The van der Waals surface area contributed by atoms with Crippen LogP contribution < -0.4 is 10.9 Å². The molecule has 2 aliphatic rings. The first kappa shape index (κ1) is 30.7. The molecule has 6 N–H and O–H groups in total. The highest BCUT2D eigenvalue weighted by Gasteiger charge is 2.38. The van der Waals surface area contributed by atoms with E-state index in [1.165, 1.54) is 18.2 Å². The zero-order valence-corrected chi connectivity index (χ0v) is 25.6. The number of aliphatic hydroxyl groups is 3. The molecule has 1 amide bonds. The Labute approximate surface area is 268 Å². The fourth-order valence-corrected chi connectivity index (χ4v) is 7.20. The number of halogens is 1. The summed E-state index contributed by atoms with van der Waals surface area (Å²) >= 11 is 0. The molecule has 1 atom stereocenters. The molecule has 1 aliphatic carbocycles. The predicted molar refractivity (Wildman–Crippen MR) is 174 cm³/mol. The van der Waals surface area contributed by atoms with Crippen molar-refractivity contribution in [3.8, 4) is 16.9 Å². The summed E-state index contributed by atoms with van der Waals surface area (Å²) in [6, 6.07) is 14.5. The molecule has 0 radical (unpaired) electrons. The average molecular weight is 637 g/mol. The lowest BCUT2D eigenvalue weighted by molar-refractivity contribution is 0.102. The highest BCUT2D eigenvalue weighted by molar-refractivity contribution is 6.06. The average Bonchev–Trinajstić information content (AvgIpc) is 3.09. The molecule has 1 aromatic heterocycles. The van der Waals surface area contributed by atoms with Gasteiger partial charge in [0.25, 0.3) is 11.5 Å². The van der Waals surface area contributed by atoms with Crippen molar-refractivity contribution < 1.29 is 29.6 Å². The molecule has 0 saturated heterocycles. The summed E-state index contributed by atoms with van der Waals surface area (Å²) in [7, 11) is 1.99. The predicted octanol–water partition coefficient (Wildman–Crippen LogP) is 3.84. The summed E-state index contributed by atoms with van der Waals surface area (Å²) in [6.07, 6.45) is 1.34. The number of nitrogens with one attached hydrogen (secondary N) is 2. The van der Waals surface area contributed by atoms with Crippen LogP contribution in [0.25, 0.3) is 21.9 Å². The van der Waals surface area contributed by atoms with Gasteiger partial charge in [0.1, 0.15) is 11.6 Å². The fraction of sp³-hybridized carbons (Fsp3) is 0.250. The number of aliphatic hydroxyl groups excluding tert-OH is 3. The van der Waals surface area contributed by atoms with Crippen LogP contribution in [0.2, 0.25) is 0 Å². The van der Waals surface area contributed by atoms with Gasteiger partial charge in [0.15, 0.2) is 0 Å². The van der Waals surface area contributed by atoms with Gasteiger partial charge in [-0.25, -0.2) is 9.49 Å². The van der Waals surface area contributed by atoms with Crippen LogP contribution in [0.5, 0.6) is 5.75 Å². The van der Waals surface area contributed by atoms with Crippen molar-refractivity contribution in [1.29, 1.82) is 0 Å². The molecule has 2 heterocycles. The topological polar surface area (TPSA) is 159 Å². The summed E-state index contributed by atoms with van der Waals surface area (Å²) < 4.78 is 15.3. The second-order valence-corrected chi connectivity index (χ2v) is 12.2. The zero-order valence-electron chi connectivity index (χ0n) is 25.6. The minimum atomic E-state index is -0.738. The van der Waals surface area contributed by atoms with Crippen molar-refractivity contribution in [3.05, 3.63) is 121 Å². The first-order valence-corrected chi connectivity index (χ1v) is 15.4. The van der Waals surface area contributed by atoms with E-state index in [0.717, 1.165) is 17.7 Å². The quantitative estimate of drug-likeness (QED) is 0.147. The molecular formula is C36H33FN4O6. The number of carbonyl (C=O) groups is 1. The number of H-pyrrole nitrogens is 1. The molecular weight excluding hydrogens is 603 g/mol. The SMILES string of the molecule is CN1CCc2cc(CO)c(CO)c3c2C1Cc1c(NC(=O)c2cc(Cc4n[nH]c(=O)c5ccccc45)ccc2F)cc(CO)c(O)c1-3. The Kier molecular flexibility index (Phi) is 7.85. The Bertz CT molecular complexity index is 2150. The Hall–Kier alpha value is -4.94. The van der Waals surface area contributed by atoms with Gasteiger partial charge < -0.3 is 25.7 Å². The molecule has 1 aliphatic heterocycles. The number of carbonyl (C=O) groups excluding carboxylic acids is 1. The number of rotatable bonds is 7. The first-order chi connectivity index (χ1) is 22.7. The minimum absolute atomic E-state index is 0.144. The molecule has 4 aromatic carbocycles. The van der Waals surface area contributed by atoms with Crippen LogP contribution in [0.3, 0.4) is 0 Å². The summed E-state index contributed by atoms with van der Waals surface area (Å²) in [5.41, 5.74) is 5.59. The van der Waals surface area contributed by atoms with Crippen LogP contribution in [0.4, 0.5) is 10.1 Å². The van der Waals surface area contributed by atoms with E-state index in [2.05, 4.69) is 20.4 Å². The molecule has 11 heteroatoms. The third kappa shape index (κ3) is 5.08. The van der Waals surface area contributed by atoms with Gasteiger partial charge in [-0.3, -0.25) is 14.5 Å². The fourth-order valence-electron chi connectivity index (χ4n) is 7.20. The number of fused-ring (bicyclic) bond motifs is 3. The van der Waals surface area contributed by atoms with Crippen molar-refractivity contribution in [2.45, 2.75) is 45.1 Å². The van der Waals surface area contributed by atoms with Gasteiger partial charge in [0.05, 0.1) is 36.5 Å². The largest absolute Gasteiger partial charge is 0.507 e. The molecule has 0 fully saturated rings. The summed E-state index contributed by atoms with van der Waals surface area (Å²) in [6.45, 7) is -0.492. The molecule has 0 spiro atoms. The van der Waals surface area contributed by atoms with E-state index in [-0.39, 0.29) is 41.5 Å². The molecule has 10 nitrogen and oxygen atoms in total. The van der Waals surface area contributed by atoms with Crippen molar-refractivity contribution in [2.75, 3.05) is 18.9 Å². The number of aromatic hydroxyl groups is 1. The van der Waals surface area contributed by atoms with E-state index in [1.807, 2.05) is 13.1 Å². The summed E-state index contributed by atoms with van der Waals surface area (Å²) in [5.74, 6) is -1.64. The number of likely N-dealkylation sites (N-methyl/N-ethyl adjacent to an activating group) is 1. The van der Waals surface area contributed by atoms with Gasteiger partial charge in [-0.2, -0.15) is 5.10 Å². The first-order valence-electron chi connectivity index (χ1n) is 15.4. The van der Waals surface area contributed by atoms with E-state index in [4.69, 9.17) is 0 Å². The molecule has 1 unspecified atom stereocenters. The van der Waals surface area contributed by atoms with Gasteiger partial charge in [0.2, 0.25) is 0 Å². The van der Waals surface area contributed by atoms with E-state index in [0.29, 0.717) is 68.4 Å².